The molecule has 0 aliphatic rings. The Morgan fingerprint density at radius 3 is 2.53 bits per heavy atom. The second-order valence-electron chi connectivity index (χ2n) is 4.35. The number of rotatable bonds is 4. The lowest BCUT2D eigenvalue weighted by atomic mass is 10.1. The van der Waals surface area contributed by atoms with Crippen LogP contribution in [0.4, 0.5) is 10.1 Å². The van der Waals surface area contributed by atoms with E-state index in [9.17, 15) is 4.39 Å². The van der Waals surface area contributed by atoms with Gasteiger partial charge in [-0.25, -0.2) is 4.39 Å². The van der Waals surface area contributed by atoms with E-state index in [0.29, 0.717) is 5.33 Å². The van der Waals surface area contributed by atoms with Crippen LogP contribution in [0.1, 0.15) is 11.1 Å². The molecule has 0 saturated carbocycles. The highest BCUT2D eigenvalue weighted by Crippen LogP contribution is 2.26. The van der Waals surface area contributed by atoms with Gasteiger partial charge >= 0.3 is 0 Å². The average Bonchev–Trinajstić information content (AvgIpc) is 2.41. The van der Waals surface area contributed by atoms with E-state index in [2.05, 4.69) is 42.8 Å². The molecule has 0 saturated heterocycles. The van der Waals surface area contributed by atoms with Gasteiger partial charge in [-0.2, -0.15) is 0 Å². The van der Waals surface area contributed by atoms with Crippen LogP contribution >= 0.6 is 31.9 Å². The normalized spacial score (nSPS) is 10.5. The summed E-state index contributed by atoms with van der Waals surface area (Å²) in [6.07, 6.45) is 0. The van der Waals surface area contributed by atoms with Gasteiger partial charge in [0.1, 0.15) is 5.82 Å². The number of alkyl halides is 1. The highest BCUT2D eigenvalue weighted by atomic mass is 79.9. The van der Waals surface area contributed by atoms with Gasteiger partial charge in [0.2, 0.25) is 0 Å². The predicted molar refractivity (Wildman–Crippen MR) is 85.3 cm³/mol. The van der Waals surface area contributed by atoms with Crippen LogP contribution in [0.15, 0.2) is 46.9 Å². The first-order valence-corrected chi connectivity index (χ1v) is 7.82. The van der Waals surface area contributed by atoms with Crippen molar-refractivity contribution < 1.29 is 4.39 Å². The Bertz CT molecular complexity index is 572. The Morgan fingerprint density at radius 1 is 1.11 bits per heavy atom. The van der Waals surface area contributed by atoms with Crippen molar-refractivity contribution in [1.82, 2.24) is 0 Å². The quantitative estimate of drug-likeness (QED) is 0.659. The molecule has 2 aromatic carbocycles. The predicted octanol–water partition coefficient (Wildman–Crippen LogP) is 5.12. The lowest BCUT2D eigenvalue weighted by molar-refractivity contribution is 0.626. The topological polar surface area (TPSA) is 3.24 Å². The number of nitrogens with zero attached hydrogens (tertiary/aromatic N) is 1. The van der Waals surface area contributed by atoms with Gasteiger partial charge in [-0.15, -0.1) is 0 Å². The van der Waals surface area contributed by atoms with Crippen LogP contribution in [0.3, 0.4) is 0 Å². The van der Waals surface area contributed by atoms with Crippen LogP contribution in [-0.2, 0) is 11.9 Å². The van der Waals surface area contributed by atoms with Gasteiger partial charge in [0.05, 0.1) is 0 Å². The van der Waals surface area contributed by atoms with Gasteiger partial charge in [-0.3, -0.25) is 0 Å². The summed E-state index contributed by atoms with van der Waals surface area (Å²) in [6, 6.07) is 13.0. The number of benzene rings is 2. The first-order valence-electron chi connectivity index (χ1n) is 5.90. The van der Waals surface area contributed by atoms with Crippen LogP contribution in [0, 0.1) is 5.82 Å². The minimum atomic E-state index is -0.201. The van der Waals surface area contributed by atoms with Crippen molar-refractivity contribution in [2.75, 3.05) is 11.9 Å². The highest BCUT2D eigenvalue weighted by Gasteiger charge is 2.09. The van der Waals surface area contributed by atoms with E-state index < -0.39 is 0 Å². The molecule has 0 amide bonds. The van der Waals surface area contributed by atoms with Crippen molar-refractivity contribution >= 4 is 37.5 Å². The maximum absolute atomic E-state index is 13.2. The summed E-state index contributed by atoms with van der Waals surface area (Å²) in [5.41, 5.74) is 3.19. The summed E-state index contributed by atoms with van der Waals surface area (Å²) in [7, 11) is 2.01. The first-order chi connectivity index (χ1) is 9.11. The molecular weight excluding hydrogens is 373 g/mol. The van der Waals surface area contributed by atoms with E-state index in [-0.39, 0.29) is 5.82 Å². The van der Waals surface area contributed by atoms with Gasteiger partial charge in [0, 0.05) is 29.1 Å². The van der Waals surface area contributed by atoms with Gasteiger partial charge < -0.3 is 4.90 Å². The molecule has 2 aromatic rings. The number of hydrogen-bond donors (Lipinski definition) is 0. The molecule has 0 aliphatic carbocycles. The Labute approximate surface area is 129 Å². The fraction of sp³-hybridized carbons (Fsp3) is 0.200. The molecule has 0 N–H and O–H groups in total. The van der Waals surface area contributed by atoms with Crippen LogP contribution in [0.2, 0.25) is 0 Å². The molecule has 0 fully saturated rings. The van der Waals surface area contributed by atoms with Crippen LogP contribution in [-0.4, -0.2) is 7.05 Å². The molecule has 1 nitrogen and oxygen atoms in total. The molecule has 0 unspecified atom stereocenters. The van der Waals surface area contributed by atoms with Crippen molar-refractivity contribution in [2.45, 2.75) is 11.9 Å². The van der Waals surface area contributed by atoms with Crippen molar-refractivity contribution in [2.24, 2.45) is 0 Å². The SMILES string of the molecule is CN(Cc1ccccc1Br)c1ccc(F)cc1CBr. The molecule has 4 heteroatoms. The lowest BCUT2D eigenvalue weighted by Gasteiger charge is -2.22. The van der Waals surface area contributed by atoms with Gasteiger partial charge in [0.15, 0.2) is 0 Å². The lowest BCUT2D eigenvalue weighted by Crippen LogP contribution is -2.18. The smallest absolute Gasteiger partial charge is 0.123 e. The minimum Gasteiger partial charge on any atom is -0.370 e. The summed E-state index contributed by atoms with van der Waals surface area (Å²) in [4.78, 5) is 2.12. The van der Waals surface area contributed by atoms with E-state index in [1.165, 1.54) is 11.6 Å². The van der Waals surface area contributed by atoms with Crippen molar-refractivity contribution in [3.05, 3.63) is 63.9 Å². The number of halogens is 3. The van der Waals surface area contributed by atoms with Crippen LogP contribution < -0.4 is 4.90 Å². The standard InChI is InChI=1S/C15H14Br2FN/c1-19(10-11-4-2-3-5-14(11)17)15-7-6-13(18)8-12(15)9-16/h2-8H,9-10H2,1H3. The summed E-state index contributed by atoms with van der Waals surface area (Å²) in [5.74, 6) is -0.201. The molecule has 0 aliphatic heterocycles. The van der Waals surface area contributed by atoms with Crippen molar-refractivity contribution in [3.63, 3.8) is 0 Å². The maximum atomic E-state index is 13.2. The molecular formula is C15H14Br2FN. The Balaban J connectivity index is 2.25. The van der Waals surface area contributed by atoms with E-state index in [4.69, 9.17) is 0 Å². The fourth-order valence-electron chi connectivity index (χ4n) is 2.00. The Hall–Kier alpha value is -0.870. The summed E-state index contributed by atoms with van der Waals surface area (Å²) < 4.78 is 14.3. The fourth-order valence-corrected chi connectivity index (χ4v) is 2.86. The molecule has 0 spiro atoms. The third kappa shape index (κ3) is 3.57. The van der Waals surface area contributed by atoms with E-state index in [1.807, 2.05) is 31.3 Å². The third-order valence-electron chi connectivity index (χ3n) is 2.96. The number of anilines is 1. The minimum absolute atomic E-state index is 0.201. The monoisotopic (exact) mass is 385 g/mol. The molecule has 0 radical (unpaired) electrons. The molecule has 0 aromatic heterocycles. The van der Waals surface area contributed by atoms with Gasteiger partial charge in [0.25, 0.3) is 0 Å². The molecule has 19 heavy (non-hydrogen) atoms. The molecule has 2 rings (SSSR count). The van der Waals surface area contributed by atoms with E-state index >= 15 is 0 Å². The largest absolute Gasteiger partial charge is 0.370 e. The van der Waals surface area contributed by atoms with Gasteiger partial charge in [-0.05, 0) is 35.4 Å². The number of hydrogen-bond acceptors (Lipinski definition) is 1. The molecule has 0 heterocycles. The summed E-state index contributed by atoms with van der Waals surface area (Å²) >= 11 is 6.96. The van der Waals surface area contributed by atoms with Crippen LogP contribution in [0.25, 0.3) is 0 Å². The van der Waals surface area contributed by atoms with E-state index in [1.54, 1.807) is 6.07 Å². The second-order valence-corrected chi connectivity index (χ2v) is 5.77. The first kappa shape index (κ1) is 14.5. The third-order valence-corrected chi connectivity index (χ3v) is 4.34. The van der Waals surface area contributed by atoms with E-state index in [0.717, 1.165) is 22.3 Å². The van der Waals surface area contributed by atoms with Crippen molar-refractivity contribution in [3.8, 4) is 0 Å². The van der Waals surface area contributed by atoms with Crippen LogP contribution in [0.5, 0.6) is 0 Å². The molecule has 100 valence electrons. The second kappa shape index (κ2) is 6.53. The maximum Gasteiger partial charge on any atom is 0.123 e. The average molecular weight is 387 g/mol. The molecule has 0 bridgehead atoms. The van der Waals surface area contributed by atoms with Gasteiger partial charge in [-0.1, -0.05) is 50.1 Å². The molecule has 0 atom stereocenters. The zero-order valence-electron chi connectivity index (χ0n) is 10.5. The zero-order chi connectivity index (χ0) is 13.8. The Morgan fingerprint density at radius 2 is 1.84 bits per heavy atom. The zero-order valence-corrected chi connectivity index (χ0v) is 13.7. The van der Waals surface area contributed by atoms with Crippen molar-refractivity contribution in [1.29, 1.82) is 0 Å². The summed E-state index contributed by atoms with van der Waals surface area (Å²) in [5, 5.41) is 0.639. The Kier molecular flexibility index (Phi) is 4.99. The highest BCUT2D eigenvalue weighted by molar-refractivity contribution is 9.10. The summed E-state index contributed by atoms with van der Waals surface area (Å²) in [6.45, 7) is 0.771.